The average molecular weight is 400 g/mol. The van der Waals surface area contributed by atoms with Crippen LogP contribution in [0.1, 0.15) is 64.7 Å². The van der Waals surface area contributed by atoms with Crippen molar-refractivity contribution in [3.05, 3.63) is 24.3 Å². The van der Waals surface area contributed by atoms with Crippen LogP contribution >= 0.6 is 0 Å². The van der Waals surface area contributed by atoms with Gasteiger partial charge >= 0.3 is 6.16 Å². The van der Waals surface area contributed by atoms with Crippen LogP contribution in [0.5, 0.6) is 5.75 Å². The van der Waals surface area contributed by atoms with Gasteiger partial charge in [-0.3, -0.25) is 9.35 Å². The third-order valence-electron chi connectivity index (χ3n) is 3.98. The maximum atomic E-state index is 11.7. The van der Waals surface area contributed by atoms with Crippen molar-refractivity contribution < 1.29 is 32.0 Å². The van der Waals surface area contributed by atoms with Crippen molar-refractivity contribution in [1.82, 2.24) is 0 Å². The van der Waals surface area contributed by atoms with Gasteiger partial charge in [-0.2, -0.15) is 8.42 Å². The van der Waals surface area contributed by atoms with Crippen LogP contribution < -0.4 is 4.74 Å². The minimum Gasteiger partial charge on any atom is -0.434 e. The largest absolute Gasteiger partial charge is 0.513 e. The lowest BCUT2D eigenvalue weighted by Gasteiger charge is -2.06. The molecule has 0 heterocycles. The van der Waals surface area contributed by atoms with E-state index in [1.54, 1.807) is 0 Å². The van der Waals surface area contributed by atoms with Gasteiger partial charge in [0.1, 0.15) is 18.1 Å². The fourth-order valence-electron chi connectivity index (χ4n) is 2.46. The van der Waals surface area contributed by atoms with E-state index in [-0.39, 0.29) is 29.5 Å². The van der Waals surface area contributed by atoms with Gasteiger partial charge in [-0.05, 0) is 30.7 Å². The van der Waals surface area contributed by atoms with Crippen LogP contribution in [0.15, 0.2) is 29.2 Å². The van der Waals surface area contributed by atoms with Gasteiger partial charge in [-0.15, -0.1) is 0 Å². The highest BCUT2D eigenvalue weighted by Crippen LogP contribution is 2.16. The Labute approximate surface area is 160 Å². The molecule has 0 aliphatic heterocycles. The predicted octanol–water partition coefficient (Wildman–Crippen LogP) is 4.55. The van der Waals surface area contributed by atoms with Gasteiger partial charge < -0.3 is 9.47 Å². The fraction of sp³-hybridized carbons (Fsp3) is 0.579. The molecule has 152 valence electrons. The molecule has 1 rings (SSSR count). The second-order valence-electron chi connectivity index (χ2n) is 6.31. The normalized spacial score (nSPS) is 11.2. The number of ketones is 1. The number of ether oxygens (including phenoxy) is 2. The molecular weight excluding hydrogens is 372 g/mol. The van der Waals surface area contributed by atoms with Gasteiger partial charge in [-0.25, -0.2) is 4.79 Å². The zero-order valence-corrected chi connectivity index (χ0v) is 16.5. The maximum absolute atomic E-state index is 11.7. The molecule has 0 atom stereocenters. The molecule has 0 saturated heterocycles. The molecule has 1 aromatic carbocycles. The summed E-state index contributed by atoms with van der Waals surface area (Å²) in [5.41, 5.74) is 0. The Balaban J connectivity index is 2.15. The Bertz CT molecular complexity index is 681. The second kappa shape index (κ2) is 12.5. The second-order valence-corrected chi connectivity index (χ2v) is 7.73. The molecular formula is C19H28O7S. The minimum atomic E-state index is -4.30. The van der Waals surface area contributed by atoms with Gasteiger partial charge in [0.05, 0.1) is 4.90 Å². The molecule has 0 radical (unpaired) electrons. The summed E-state index contributed by atoms with van der Waals surface area (Å²) in [6.07, 6.45) is 7.64. The highest BCUT2D eigenvalue weighted by Gasteiger charge is 2.11. The van der Waals surface area contributed by atoms with Crippen LogP contribution in [0, 0.1) is 0 Å². The van der Waals surface area contributed by atoms with E-state index in [4.69, 9.17) is 14.0 Å². The van der Waals surface area contributed by atoms with E-state index in [9.17, 15) is 18.0 Å². The summed E-state index contributed by atoms with van der Waals surface area (Å²) in [5, 5.41) is 0. The first-order valence-electron chi connectivity index (χ1n) is 9.26. The Morgan fingerprint density at radius 2 is 1.52 bits per heavy atom. The standard InChI is InChI=1S/C19H28O7S/c1-2-3-4-5-6-7-8-9-16(20)14-15-25-19(21)26-17-10-12-18(13-11-17)27(22,23)24/h10-13H,2-9,14-15H2,1H3,(H,22,23,24). The molecule has 8 heteroatoms. The smallest absolute Gasteiger partial charge is 0.434 e. The summed E-state index contributed by atoms with van der Waals surface area (Å²) in [4.78, 5) is 23.0. The predicted molar refractivity (Wildman–Crippen MR) is 100 cm³/mol. The third-order valence-corrected chi connectivity index (χ3v) is 4.85. The van der Waals surface area contributed by atoms with E-state index in [1.807, 2.05) is 0 Å². The molecule has 0 fully saturated rings. The summed E-state index contributed by atoms with van der Waals surface area (Å²) in [6, 6.07) is 4.64. The molecule has 27 heavy (non-hydrogen) atoms. The number of hydrogen-bond acceptors (Lipinski definition) is 6. The Morgan fingerprint density at radius 1 is 0.926 bits per heavy atom. The molecule has 1 aromatic rings. The molecule has 0 aliphatic carbocycles. The first kappa shape index (κ1) is 23.1. The van der Waals surface area contributed by atoms with Crippen LogP contribution in [0.25, 0.3) is 0 Å². The number of unbranched alkanes of at least 4 members (excludes halogenated alkanes) is 6. The lowest BCUT2D eigenvalue weighted by atomic mass is 10.1. The van der Waals surface area contributed by atoms with Crippen molar-refractivity contribution in [3.8, 4) is 5.75 Å². The number of rotatable bonds is 13. The fourth-order valence-corrected chi connectivity index (χ4v) is 2.94. The van der Waals surface area contributed by atoms with Crippen LogP contribution in [-0.2, 0) is 19.6 Å². The molecule has 0 amide bonds. The van der Waals surface area contributed by atoms with Gasteiger partial charge in [0.25, 0.3) is 10.1 Å². The minimum absolute atomic E-state index is 0.0499. The van der Waals surface area contributed by atoms with Crippen LogP contribution in [0.2, 0.25) is 0 Å². The number of benzene rings is 1. The van der Waals surface area contributed by atoms with E-state index < -0.39 is 16.3 Å². The van der Waals surface area contributed by atoms with E-state index in [2.05, 4.69) is 6.92 Å². The van der Waals surface area contributed by atoms with Crippen LogP contribution in [-0.4, -0.2) is 31.5 Å². The van der Waals surface area contributed by atoms with E-state index in [0.717, 1.165) is 31.4 Å². The van der Waals surface area contributed by atoms with Gasteiger partial charge in [-0.1, -0.05) is 45.4 Å². The average Bonchev–Trinajstić information content (AvgIpc) is 2.60. The maximum Gasteiger partial charge on any atom is 0.513 e. The van der Waals surface area contributed by atoms with Crippen LogP contribution in [0.4, 0.5) is 4.79 Å². The van der Waals surface area contributed by atoms with Gasteiger partial charge in [0.2, 0.25) is 0 Å². The SMILES string of the molecule is CCCCCCCCCC(=O)CCOC(=O)Oc1ccc(S(=O)(=O)O)cc1. The summed E-state index contributed by atoms with van der Waals surface area (Å²) in [6.45, 7) is 2.12. The van der Waals surface area contributed by atoms with Gasteiger partial charge in [0, 0.05) is 12.8 Å². The van der Waals surface area contributed by atoms with Crippen molar-refractivity contribution >= 4 is 22.1 Å². The van der Waals surface area contributed by atoms with Crippen molar-refractivity contribution in [1.29, 1.82) is 0 Å². The molecule has 1 N–H and O–H groups in total. The number of carbonyl (C=O) groups is 2. The lowest BCUT2D eigenvalue weighted by Crippen LogP contribution is -2.13. The van der Waals surface area contributed by atoms with Crippen molar-refractivity contribution in [2.45, 2.75) is 69.6 Å². The van der Waals surface area contributed by atoms with Gasteiger partial charge in [0.15, 0.2) is 0 Å². The van der Waals surface area contributed by atoms with Crippen molar-refractivity contribution in [2.24, 2.45) is 0 Å². The Hall–Kier alpha value is -1.93. The quantitative estimate of drug-likeness (QED) is 0.224. The highest BCUT2D eigenvalue weighted by molar-refractivity contribution is 7.85. The van der Waals surface area contributed by atoms with Crippen molar-refractivity contribution in [2.75, 3.05) is 6.61 Å². The summed E-state index contributed by atoms with van der Waals surface area (Å²) in [7, 11) is -4.30. The molecule has 0 aliphatic rings. The van der Waals surface area contributed by atoms with E-state index in [1.165, 1.54) is 37.8 Å². The monoisotopic (exact) mass is 400 g/mol. The van der Waals surface area contributed by atoms with E-state index in [0.29, 0.717) is 6.42 Å². The van der Waals surface area contributed by atoms with E-state index >= 15 is 0 Å². The summed E-state index contributed by atoms with van der Waals surface area (Å²) in [5.74, 6) is 0.121. The number of hydrogen-bond donors (Lipinski definition) is 1. The zero-order chi connectivity index (χ0) is 20.1. The summed E-state index contributed by atoms with van der Waals surface area (Å²) < 4.78 is 40.4. The summed E-state index contributed by atoms with van der Waals surface area (Å²) >= 11 is 0. The first-order chi connectivity index (χ1) is 12.8. The molecule has 0 spiro atoms. The third kappa shape index (κ3) is 10.7. The Morgan fingerprint density at radius 3 is 2.11 bits per heavy atom. The number of Topliss-reactive ketones (excluding diaryl/α,β-unsaturated/α-hetero) is 1. The molecule has 0 saturated carbocycles. The van der Waals surface area contributed by atoms with Crippen LogP contribution in [0.3, 0.4) is 0 Å². The lowest BCUT2D eigenvalue weighted by molar-refractivity contribution is -0.119. The zero-order valence-electron chi connectivity index (χ0n) is 15.7. The topological polar surface area (TPSA) is 107 Å². The Kier molecular flexibility index (Phi) is 10.7. The number of carbonyl (C=O) groups excluding carboxylic acids is 2. The molecule has 0 unspecified atom stereocenters. The highest BCUT2D eigenvalue weighted by atomic mass is 32.2. The molecule has 7 nitrogen and oxygen atoms in total. The van der Waals surface area contributed by atoms with Crippen molar-refractivity contribution in [3.63, 3.8) is 0 Å². The molecule has 0 bridgehead atoms. The molecule has 0 aromatic heterocycles. The first-order valence-corrected chi connectivity index (χ1v) is 10.7.